The number of hydrogen-bond donors (Lipinski definition) is 1. The second-order valence-electron chi connectivity index (χ2n) is 7.73. The van der Waals surface area contributed by atoms with Crippen LogP contribution in [0.2, 0.25) is 0 Å². The van der Waals surface area contributed by atoms with Crippen molar-refractivity contribution in [1.29, 1.82) is 0 Å². The van der Waals surface area contributed by atoms with E-state index in [1.54, 1.807) is 0 Å². The first-order valence-electron chi connectivity index (χ1n) is 10.8. The lowest BCUT2D eigenvalue weighted by Gasteiger charge is -2.26. The maximum atomic E-state index is 13.2. The van der Waals surface area contributed by atoms with Crippen molar-refractivity contribution in [2.75, 3.05) is 38.1 Å². The van der Waals surface area contributed by atoms with Crippen LogP contribution < -0.4 is 4.72 Å². The zero-order chi connectivity index (χ0) is 27.3. The number of anilines is 1. The number of alkyl halides is 3. The fraction of sp³-hybridized carbons (Fsp3) is 0.348. The molecule has 0 bridgehead atoms. The zero-order valence-electron chi connectivity index (χ0n) is 19.5. The minimum atomic E-state index is -4.69. The topological polar surface area (TPSA) is 119 Å². The lowest BCUT2D eigenvalue weighted by molar-refractivity contribution is -0.140. The van der Waals surface area contributed by atoms with Gasteiger partial charge in [-0.05, 0) is 42.5 Å². The van der Waals surface area contributed by atoms with Crippen LogP contribution in [0.5, 0.6) is 0 Å². The van der Waals surface area contributed by atoms with E-state index in [0.717, 1.165) is 30.3 Å². The van der Waals surface area contributed by atoms with Crippen molar-refractivity contribution in [2.45, 2.75) is 28.8 Å². The summed E-state index contributed by atoms with van der Waals surface area (Å²) < 4.78 is 104. The van der Waals surface area contributed by atoms with Gasteiger partial charge in [0.25, 0.3) is 10.0 Å². The van der Waals surface area contributed by atoms with Gasteiger partial charge >= 0.3 is 12.1 Å². The predicted octanol–water partition coefficient (Wildman–Crippen LogP) is 2.83. The number of carbonyl (C=O) groups excluding carboxylic acids is 1. The van der Waals surface area contributed by atoms with Crippen molar-refractivity contribution in [1.82, 2.24) is 4.31 Å². The van der Waals surface area contributed by atoms with Crippen LogP contribution in [-0.2, 0) is 40.5 Å². The van der Waals surface area contributed by atoms with E-state index in [1.165, 1.54) is 11.4 Å². The SMILES string of the molecule is COC(=O)CCC#Cc1cc(C(F)(F)F)ccc1NS(=O)(=O)c1ccc(S(=O)(=O)N2CCOCC2)cc1. The van der Waals surface area contributed by atoms with Gasteiger partial charge in [-0.3, -0.25) is 9.52 Å². The minimum Gasteiger partial charge on any atom is -0.469 e. The summed E-state index contributed by atoms with van der Waals surface area (Å²) in [6.07, 6.45) is -4.81. The summed E-state index contributed by atoms with van der Waals surface area (Å²) in [7, 11) is -6.99. The Hall–Kier alpha value is -3.12. The molecule has 1 aliphatic heterocycles. The third-order valence-electron chi connectivity index (χ3n) is 5.24. The molecule has 2 aromatic rings. The summed E-state index contributed by atoms with van der Waals surface area (Å²) in [4.78, 5) is 10.8. The number of benzene rings is 2. The number of nitrogens with one attached hydrogen (secondary N) is 1. The number of methoxy groups -OCH3 is 1. The van der Waals surface area contributed by atoms with E-state index >= 15 is 0 Å². The number of esters is 1. The third-order valence-corrected chi connectivity index (χ3v) is 8.53. The van der Waals surface area contributed by atoms with Crippen molar-refractivity contribution < 1.29 is 44.3 Å². The largest absolute Gasteiger partial charge is 0.469 e. The van der Waals surface area contributed by atoms with Crippen LogP contribution in [0.25, 0.3) is 0 Å². The normalized spacial score (nSPS) is 14.9. The molecule has 0 unspecified atom stereocenters. The molecule has 1 saturated heterocycles. The lowest BCUT2D eigenvalue weighted by atomic mass is 10.1. The standard InChI is InChI=1S/C23H23F3N2O7S2/c1-34-22(29)5-3-2-4-17-16-18(23(24,25)26)6-11-21(17)27-36(30,31)19-7-9-20(10-8-19)37(32,33)28-12-14-35-15-13-28/h6-11,16,27H,3,5,12-15H2,1H3. The van der Waals surface area contributed by atoms with Crippen molar-refractivity contribution in [3.8, 4) is 11.8 Å². The first-order chi connectivity index (χ1) is 17.3. The highest BCUT2D eigenvalue weighted by molar-refractivity contribution is 7.92. The average molecular weight is 561 g/mol. The van der Waals surface area contributed by atoms with Crippen LogP contribution in [0, 0.1) is 11.8 Å². The Kier molecular flexibility index (Phi) is 8.85. The summed E-state index contributed by atoms with van der Waals surface area (Å²) in [6.45, 7) is 0.829. The van der Waals surface area contributed by atoms with E-state index in [9.17, 15) is 34.8 Å². The Morgan fingerprint density at radius 1 is 1.05 bits per heavy atom. The lowest BCUT2D eigenvalue weighted by Crippen LogP contribution is -2.40. The maximum absolute atomic E-state index is 13.2. The van der Waals surface area contributed by atoms with Crippen LogP contribution in [0.4, 0.5) is 18.9 Å². The highest BCUT2D eigenvalue weighted by atomic mass is 32.2. The van der Waals surface area contributed by atoms with Gasteiger partial charge in [0.1, 0.15) is 0 Å². The fourth-order valence-corrected chi connectivity index (χ4v) is 5.76. The number of sulfonamides is 2. The molecule has 0 saturated carbocycles. The molecule has 14 heteroatoms. The molecule has 1 aliphatic rings. The van der Waals surface area contributed by atoms with Gasteiger partial charge in [-0.1, -0.05) is 11.8 Å². The number of morpholine rings is 1. The number of nitrogens with zero attached hydrogens (tertiary/aromatic N) is 1. The summed E-state index contributed by atoms with van der Waals surface area (Å²) in [5, 5.41) is 0. The first-order valence-corrected chi connectivity index (χ1v) is 13.7. The highest BCUT2D eigenvalue weighted by Crippen LogP contribution is 2.32. The molecule has 1 heterocycles. The van der Waals surface area contributed by atoms with Crippen LogP contribution in [0.1, 0.15) is 24.0 Å². The Balaban J connectivity index is 1.87. The van der Waals surface area contributed by atoms with Gasteiger partial charge in [-0.15, -0.1) is 0 Å². The quantitative estimate of drug-likeness (QED) is 0.409. The Morgan fingerprint density at radius 3 is 2.27 bits per heavy atom. The van der Waals surface area contributed by atoms with E-state index in [0.29, 0.717) is 12.1 Å². The minimum absolute atomic E-state index is 0.0197. The van der Waals surface area contributed by atoms with Crippen LogP contribution >= 0.6 is 0 Å². The zero-order valence-corrected chi connectivity index (χ0v) is 21.2. The van der Waals surface area contributed by atoms with E-state index in [2.05, 4.69) is 21.3 Å². The van der Waals surface area contributed by atoms with E-state index in [-0.39, 0.29) is 60.2 Å². The number of ether oxygens (including phenoxy) is 2. The summed E-state index contributed by atoms with van der Waals surface area (Å²) >= 11 is 0. The van der Waals surface area contributed by atoms with Gasteiger partial charge in [0.2, 0.25) is 10.0 Å². The second-order valence-corrected chi connectivity index (χ2v) is 11.3. The Morgan fingerprint density at radius 2 is 1.68 bits per heavy atom. The Labute approximate surface area is 212 Å². The number of rotatable bonds is 7. The molecular weight excluding hydrogens is 537 g/mol. The smallest absolute Gasteiger partial charge is 0.416 e. The molecule has 0 atom stereocenters. The van der Waals surface area contributed by atoms with Crippen LogP contribution in [0.3, 0.4) is 0 Å². The molecule has 0 radical (unpaired) electrons. The highest BCUT2D eigenvalue weighted by Gasteiger charge is 2.31. The van der Waals surface area contributed by atoms with Gasteiger partial charge in [0.05, 0.1) is 47.8 Å². The molecule has 3 rings (SSSR count). The molecule has 0 aromatic heterocycles. The number of carbonyl (C=O) groups is 1. The first kappa shape index (κ1) is 28.5. The summed E-state index contributed by atoms with van der Waals surface area (Å²) in [5.74, 6) is 4.44. The van der Waals surface area contributed by atoms with Crippen LogP contribution in [0.15, 0.2) is 52.3 Å². The van der Waals surface area contributed by atoms with Gasteiger partial charge in [-0.25, -0.2) is 16.8 Å². The third kappa shape index (κ3) is 7.22. The molecule has 9 nitrogen and oxygen atoms in total. The van der Waals surface area contributed by atoms with E-state index < -0.39 is 37.8 Å². The molecule has 0 amide bonds. The molecule has 0 spiro atoms. The fourth-order valence-electron chi connectivity index (χ4n) is 3.27. The Bertz CT molecular complexity index is 1410. The van der Waals surface area contributed by atoms with Crippen molar-refractivity contribution in [2.24, 2.45) is 0 Å². The molecule has 37 heavy (non-hydrogen) atoms. The van der Waals surface area contributed by atoms with Gasteiger partial charge in [0, 0.05) is 25.1 Å². The molecular formula is C23H23F3N2O7S2. The molecule has 1 N–H and O–H groups in total. The molecule has 200 valence electrons. The predicted molar refractivity (Wildman–Crippen MR) is 126 cm³/mol. The maximum Gasteiger partial charge on any atom is 0.416 e. The monoisotopic (exact) mass is 560 g/mol. The van der Waals surface area contributed by atoms with E-state index in [4.69, 9.17) is 4.74 Å². The van der Waals surface area contributed by atoms with Crippen molar-refractivity contribution in [3.63, 3.8) is 0 Å². The molecule has 0 aliphatic carbocycles. The molecule has 1 fully saturated rings. The number of hydrogen-bond acceptors (Lipinski definition) is 7. The number of halogens is 3. The van der Waals surface area contributed by atoms with Crippen molar-refractivity contribution >= 4 is 31.7 Å². The van der Waals surface area contributed by atoms with E-state index in [1.807, 2.05) is 0 Å². The summed E-state index contributed by atoms with van der Waals surface area (Å²) in [5.41, 5.74) is -1.51. The average Bonchev–Trinajstić information content (AvgIpc) is 2.87. The van der Waals surface area contributed by atoms with Gasteiger partial charge < -0.3 is 9.47 Å². The molecule has 2 aromatic carbocycles. The van der Waals surface area contributed by atoms with Crippen LogP contribution in [-0.4, -0.2) is 60.5 Å². The second kappa shape index (κ2) is 11.5. The summed E-state index contributed by atoms with van der Waals surface area (Å²) in [6, 6.07) is 6.78. The van der Waals surface area contributed by atoms with Crippen molar-refractivity contribution in [3.05, 3.63) is 53.6 Å². The van der Waals surface area contributed by atoms with Gasteiger partial charge in [-0.2, -0.15) is 17.5 Å². The van der Waals surface area contributed by atoms with Gasteiger partial charge in [0.15, 0.2) is 0 Å².